The van der Waals surface area contributed by atoms with E-state index in [-0.39, 0.29) is 42.2 Å². The zero-order chi connectivity index (χ0) is 32.7. The van der Waals surface area contributed by atoms with Gasteiger partial charge in [0.05, 0.1) is 21.9 Å². The molecule has 2 atom stereocenters. The van der Waals surface area contributed by atoms with Crippen LogP contribution in [0.25, 0.3) is 11.3 Å². The number of halogens is 6. The number of carbonyl (C=O) groups excluding carboxylic acids is 1. The molecular weight excluding hydrogens is 612 g/mol. The normalized spacial score (nSPS) is 21.0. The molecular formula is C30H39F6N3O4S. The Labute approximate surface area is 253 Å². The third kappa shape index (κ3) is 8.16. The molecule has 1 aromatic carbocycles. The predicted octanol–water partition coefficient (Wildman–Crippen LogP) is 6.84. The van der Waals surface area contributed by atoms with Gasteiger partial charge in [0.1, 0.15) is 0 Å². The Hall–Kier alpha value is -2.58. The van der Waals surface area contributed by atoms with Gasteiger partial charge < -0.3 is 14.6 Å². The summed E-state index contributed by atoms with van der Waals surface area (Å²) < 4.78 is 119. The number of aromatic nitrogens is 1. The van der Waals surface area contributed by atoms with E-state index in [4.69, 9.17) is 4.74 Å². The van der Waals surface area contributed by atoms with Crippen LogP contribution < -0.4 is 10.0 Å². The van der Waals surface area contributed by atoms with Crippen LogP contribution in [0.3, 0.4) is 0 Å². The van der Waals surface area contributed by atoms with Crippen molar-refractivity contribution in [2.24, 2.45) is 11.8 Å². The maximum Gasteiger partial charge on any atom is 0.417 e. The van der Waals surface area contributed by atoms with Gasteiger partial charge in [-0.05, 0) is 89.5 Å². The summed E-state index contributed by atoms with van der Waals surface area (Å²) in [5, 5.41) is 2.94. The lowest BCUT2D eigenvalue weighted by Crippen LogP contribution is -2.41. The van der Waals surface area contributed by atoms with Gasteiger partial charge in [-0.25, -0.2) is 13.1 Å². The minimum atomic E-state index is -5.04. The smallest absolute Gasteiger partial charge is 0.381 e. The molecule has 2 N–H and O–H groups in total. The van der Waals surface area contributed by atoms with E-state index < -0.39 is 56.1 Å². The third-order valence-electron chi connectivity index (χ3n) is 8.16. The summed E-state index contributed by atoms with van der Waals surface area (Å²) in [6.45, 7) is 7.13. The Balaban J connectivity index is 1.79. The van der Waals surface area contributed by atoms with Crippen molar-refractivity contribution in [3.05, 3.63) is 41.1 Å². The minimum Gasteiger partial charge on any atom is -0.381 e. The molecule has 0 spiro atoms. The van der Waals surface area contributed by atoms with Gasteiger partial charge >= 0.3 is 12.4 Å². The monoisotopic (exact) mass is 651 g/mol. The Morgan fingerprint density at radius 1 is 1.00 bits per heavy atom. The highest BCUT2D eigenvalue weighted by molar-refractivity contribution is 7.89. The van der Waals surface area contributed by atoms with Gasteiger partial charge in [-0.3, -0.25) is 4.79 Å². The van der Waals surface area contributed by atoms with Gasteiger partial charge in [0.15, 0.2) is 0 Å². The van der Waals surface area contributed by atoms with Crippen LogP contribution >= 0.6 is 0 Å². The van der Waals surface area contributed by atoms with Crippen molar-refractivity contribution >= 4 is 15.9 Å². The van der Waals surface area contributed by atoms with Crippen LogP contribution in [0.5, 0.6) is 0 Å². The van der Waals surface area contributed by atoms with Crippen molar-refractivity contribution in [2.75, 3.05) is 13.2 Å². The van der Waals surface area contributed by atoms with Crippen molar-refractivity contribution in [1.29, 1.82) is 0 Å². The third-order valence-corrected chi connectivity index (χ3v) is 9.98. The summed E-state index contributed by atoms with van der Waals surface area (Å²) in [6.07, 6.45) is -7.48. The van der Waals surface area contributed by atoms with Gasteiger partial charge in [0.25, 0.3) is 5.91 Å². The molecule has 1 saturated heterocycles. The zero-order valence-corrected chi connectivity index (χ0v) is 26.0. The first kappa shape index (κ1) is 34.3. The molecule has 14 heteroatoms. The van der Waals surface area contributed by atoms with Crippen LogP contribution in [0.1, 0.15) is 80.9 Å². The number of hydrogen-bond donors (Lipinski definition) is 2. The van der Waals surface area contributed by atoms with Crippen molar-refractivity contribution in [2.45, 2.75) is 102 Å². The molecule has 1 aliphatic carbocycles. The van der Waals surface area contributed by atoms with Crippen LogP contribution in [0, 0.1) is 18.8 Å². The molecule has 2 aliphatic rings. The number of benzene rings is 1. The summed E-state index contributed by atoms with van der Waals surface area (Å²) in [5.41, 5.74) is -1.67. The first-order valence-corrected chi connectivity index (χ1v) is 16.2. The topological polar surface area (TPSA) is 89.4 Å². The fraction of sp³-hybridized carbons (Fsp3) is 0.633. The van der Waals surface area contributed by atoms with Crippen LogP contribution in [0.4, 0.5) is 26.3 Å². The second-order valence-electron chi connectivity index (χ2n) is 12.8. The summed E-state index contributed by atoms with van der Waals surface area (Å²) in [6, 6.07) is 4.11. The highest BCUT2D eigenvalue weighted by Gasteiger charge is 2.43. The van der Waals surface area contributed by atoms with E-state index >= 15 is 0 Å². The highest BCUT2D eigenvalue weighted by Crippen LogP contribution is 2.42. The lowest BCUT2D eigenvalue weighted by molar-refractivity contribution is -0.186. The van der Waals surface area contributed by atoms with Crippen LogP contribution in [-0.2, 0) is 27.5 Å². The van der Waals surface area contributed by atoms with E-state index in [0.29, 0.717) is 44.6 Å². The number of nitrogens with one attached hydrogen (secondary N) is 2. The summed E-state index contributed by atoms with van der Waals surface area (Å²) in [7, 11) is -4.57. The summed E-state index contributed by atoms with van der Waals surface area (Å²) >= 11 is 0. The van der Waals surface area contributed by atoms with Crippen molar-refractivity contribution in [3.63, 3.8) is 0 Å². The molecule has 44 heavy (non-hydrogen) atoms. The van der Waals surface area contributed by atoms with E-state index in [2.05, 4.69) is 10.0 Å². The SMILES string of the molecule is Cc1c(C(=O)NC2CCOCC2)cc(-c2ccc(S(=O)(=O)NC(C)(C)C)c(C(F)(F)F)c2)n1CC1CCCC(C(F)(F)F)C1. The van der Waals surface area contributed by atoms with Crippen molar-refractivity contribution in [3.8, 4) is 11.3 Å². The molecule has 2 fully saturated rings. The van der Waals surface area contributed by atoms with Crippen molar-refractivity contribution < 1.29 is 44.3 Å². The highest BCUT2D eigenvalue weighted by atomic mass is 32.2. The number of hydrogen-bond acceptors (Lipinski definition) is 4. The first-order valence-electron chi connectivity index (χ1n) is 14.7. The molecule has 0 bridgehead atoms. The maximum absolute atomic E-state index is 14.3. The lowest BCUT2D eigenvalue weighted by Gasteiger charge is -2.31. The van der Waals surface area contributed by atoms with E-state index in [1.807, 2.05) is 0 Å². The van der Waals surface area contributed by atoms with Crippen LogP contribution in [-0.4, -0.2) is 49.9 Å². The standard InChI is InChI=1S/C30H39F6N3O4S/c1-18-23(27(40)37-22-10-12-43-13-11-22)16-25(39(18)17-19-6-5-7-21(14-19)29(31,32)33)20-8-9-26(24(15-20)30(34,35)36)44(41,42)38-28(2,3)4/h8-9,15-16,19,21-22,38H,5-7,10-14,17H2,1-4H3,(H,37,40). The first-order chi connectivity index (χ1) is 20.3. The molecule has 246 valence electrons. The summed E-state index contributed by atoms with van der Waals surface area (Å²) in [5.74, 6) is -2.35. The Bertz CT molecular complexity index is 1450. The molecule has 0 radical (unpaired) electrons. The second kappa shape index (κ2) is 12.7. The molecule has 1 saturated carbocycles. The lowest BCUT2D eigenvalue weighted by atomic mass is 9.81. The Morgan fingerprint density at radius 2 is 1.66 bits per heavy atom. The van der Waals surface area contributed by atoms with Crippen LogP contribution in [0.15, 0.2) is 29.2 Å². The number of nitrogens with zero attached hydrogens (tertiary/aromatic N) is 1. The van der Waals surface area contributed by atoms with Gasteiger partial charge in [0, 0.05) is 42.7 Å². The van der Waals surface area contributed by atoms with Gasteiger partial charge in [-0.1, -0.05) is 12.5 Å². The van der Waals surface area contributed by atoms with Gasteiger partial charge in [-0.15, -0.1) is 0 Å². The number of ether oxygens (including phenoxy) is 1. The largest absolute Gasteiger partial charge is 0.417 e. The number of carbonyl (C=O) groups is 1. The number of alkyl halides is 6. The molecule has 2 heterocycles. The minimum absolute atomic E-state index is 0.0107. The molecule has 4 rings (SSSR count). The van der Waals surface area contributed by atoms with Gasteiger partial charge in [0.2, 0.25) is 10.0 Å². The summed E-state index contributed by atoms with van der Waals surface area (Å²) in [4.78, 5) is 12.4. The predicted molar refractivity (Wildman–Crippen MR) is 152 cm³/mol. The molecule has 1 amide bonds. The molecule has 2 aromatic rings. The van der Waals surface area contributed by atoms with E-state index in [9.17, 15) is 39.6 Å². The van der Waals surface area contributed by atoms with Gasteiger partial charge in [-0.2, -0.15) is 26.3 Å². The van der Waals surface area contributed by atoms with E-state index in [0.717, 1.165) is 12.1 Å². The second-order valence-corrected chi connectivity index (χ2v) is 14.5. The van der Waals surface area contributed by atoms with Crippen LogP contribution in [0.2, 0.25) is 0 Å². The van der Waals surface area contributed by atoms with E-state index in [1.165, 1.54) is 32.9 Å². The maximum atomic E-state index is 14.3. The molecule has 7 nitrogen and oxygen atoms in total. The molecule has 1 aromatic heterocycles. The quantitative estimate of drug-likeness (QED) is 0.321. The fourth-order valence-corrected chi connectivity index (χ4v) is 7.70. The molecule has 2 unspecified atom stereocenters. The fourth-order valence-electron chi connectivity index (χ4n) is 6.07. The van der Waals surface area contributed by atoms with E-state index in [1.54, 1.807) is 11.5 Å². The van der Waals surface area contributed by atoms with Crippen molar-refractivity contribution in [1.82, 2.24) is 14.6 Å². The molecule has 1 aliphatic heterocycles. The Morgan fingerprint density at radius 3 is 2.25 bits per heavy atom. The number of amides is 1. The number of sulfonamides is 1. The average Bonchev–Trinajstić information content (AvgIpc) is 3.22. The number of rotatable bonds is 7. The zero-order valence-electron chi connectivity index (χ0n) is 25.2. The Kier molecular flexibility index (Phi) is 9.87. The average molecular weight is 652 g/mol.